The molecule has 8 nitrogen and oxygen atoms in total. The number of carboxylic acid groups (broad SMARTS) is 1. The Bertz CT molecular complexity index is 982. The number of hydrogen-bond donors (Lipinski definition) is 3. The highest BCUT2D eigenvalue weighted by molar-refractivity contribution is 5.79. The van der Waals surface area contributed by atoms with Gasteiger partial charge in [-0.3, -0.25) is 9.63 Å². The minimum absolute atomic E-state index is 0.159. The van der Waals surface area contributed by atoms with Crippen LogP contribution < -0.4 is 10.8 Å². The van der Waals surface area contributed by atoms with Crippen molar-refractivity contribution in [2.45, 2.75) is 31.0 Å². The van der Waals surface area contributed by atoms with Gasteiger partial charge in [0.2, 0.25) is 5.91 Å². The van der Waals surface area contributed by atoms with Crippen molar-refractivity contribution in [3.05, 3.63) is 59.7 Å². The van der Waals surface area contributed by atoms with Gasteiger partial charge in [-0.2, -0.15) is 13.2 Å². The molecule has 0 radical (unpaired) electrons. The Balaban J connectivity index is 1.57. The summed E-state index contributed by atoms with van der Waals surface area (Å²) in [5.74, 6) is -2.63. The van der Waals surface area contributed by atoms with Crippen LogP contribution in [-0.2, 0) is 19.2 Å². The fraction of sp³-hybridized carbons (Fsp3) is 0.318. The van der Waals surface area contributed by atoms with Crippen molar-refractivity contribution in [1.82, 2.24) is 10.8 Å². The number of fused-ring (bicyclic) bond motifs is 3. The second-order valence-corrected chi connectivity index (χ2v) is 7.31. The third kappa shape index (κ3) is 6.22. The summed E-state index contributed by atoms with van der Waals surface area (Å²) in [4.78, 5) is 38.3. The molecule has 1 aliphatic carbocycles. The van der Waals surface area contributed by atoms with Crippen LogP contribution in [0.1, 0.15) is 29.9 Å². The summed E-state index contributed by atoms with van der Waals surface area (Å²) in [7, 11) is 0. The van der Waals surface area contributed by atoms with Crippen LogP contribution in [0, 0.1) is 0 Å². The van der Waals surface area contributed by atoms with Crippen LogP contribution in [0.4, 0.5) is 18.0 Å². The average molecular weight is 466 g/mol. The normalized spacial score (nSPS) is 13.5. The molecule has 2 amide bonds. The van der Waals surface area contributed by atoms with Crippen LogP contribution in [0.3, 0.4) is 0 Å². The summed E-state index contributed by atoms with van der Waals surface area (Å²) >= 11 is 0. The Labute approximate surface area is 186 Å². The predicted molar refractivity (Wildman–Crippen MR) is 109 cm³/mol. The molecular formula is C22H21F3N2O6. The molecule has 0 unspecified atom stereocenters. The van der Waals surface area contributed by atoms with E-state index in [9.17, 15) is 27.6 Å². The number of alkyl carbamates (subject to hydrolysis) is 1. The number of ether oxygens (including phenoxy) is 1. The molecule has 176 valence electrons. The maximum Gasteiger partial charge on any atom is 0.408 e. The molecule has 0 fully saturated rings. The van der Waals surface area contributed by atoms with E-state index in [1.54, 1.807) is 10.8 Å². The van der Waals surface area contributed by atoms with Gasteiger partial charge in [-0.25, -0.2) is 15.1 Å². The molecule has 2 aromatic carbocycles. The molecule has 2 aromatic rings. The van der Waals surface area contributed by atoms with Gasteiger partial charge in [0.05, 0.1) is 0 Å². The van der Waals surface area contributed by atoms with Gasteiger partial charge in [-0.1, -0.05) is 48.5 Å². The summed E-state index contributed by atoms with van der Waals surface area (Å²) in [5, 5.41) is 10.2. The summed E-state index contributed by atoms with van der Waals surface area (Å²) in [5.41, 5.74) is 5.51. The van der Waals surface area contributed by atoms with Crippen molar-refractivity contribution < 1.29 is 42.2 Å². The Morgan fingerprint density at radius 3 is 2.12 bits per heavy atom. The Morgan fingerprint density at radius 2 is 1.58 bits per heavy atom. The standard InChI is InChI=1S/C22H21F3N2O6/c23-22(24,25)18(9-10-19(28)27-33-12-20(29)30)26-21(31)32-11-17-15-7-3-1-5-13(15)14-6-2-4-8-16(14)17/h1-8,17-18H,9-12H2,(H,26,31)(H,27,28)(H,29,30)/t18-/m0/s1. The van der Waals surface area contributed by atoms with Gasteiger partial charge in [0.25, 0.3) is 0 Å². The van der Waals surface area contributed by atoms with Crippen LogP contribution in [0.2, 0.25) is 0 Å². The number of aliphatic carboxylic acids is 1. The van der Waals surface area contributed by atoms with Crippen LogP contribution in [0.15, 0.2) is 48.5 Å². The molecular weight excluding hydrogens is 445 g/mol. The Kier molecular flexibility index (Phi) is 7.54. The first-order valence-electron chi connectivity index (χ1n) is 9.97. The van der Waals surface area contributed by atoms with Crippen LogP contribution in [-0.4, -0.2) is 48.5 Å². The minimum atomic E-state index is -4.83. The topological polar surface area (TPSA) is 114 Å². The van der Waals surface area contributed by atoms with Gasteiger partial charge < -0.3 is 15.2 Å². The number of hydrogen-bond acceptors (Lipinski definition) is 5. The molecule has 11 heteroatoms. The second-order valence-electron chi connectivity index (χ2n) is 7.31. The zero-order valence-electron chi connectivity index (χ0n) is 17.2. The largest absolute Gasteiger partial charge is 0.479 e. The van der Waals surface area contributed by atoms with E-state index < -0.39 is 49.6 Å². The summed E-state index contributed by atoms with van der Waals surface area (Å²) in [6, 6.07) is 12.7. The Hall–Kier alpha value is -3.60. The lowest BCUT2D eigenvalue weighted by molar-refractivity contribution is -0.158. The maximum absolute atomic E-state index is 13.3. The molecule has 3 rings (SSSR count). The number of carboxylic acids is 1. The van der Waals surface area contributed by atoms with E-state index in [0.717, 1.165) is 22.3 Å². The molecule has 0 saturated carbocycles. The first-order chi connectivity index (χ1) is 15.7. The SMILES string of the molecule is O=C(O)CONC(=O)CC[C@H](NC(=O)OCC1c2ccccc2-c2ccccc21)C(F)(F)F. The van der Waals surface area contributed by atoms with E-state index >= 15 is 0 Å². The molecule has 0 saturated heterocycles. The molecule has 1 atom stereocenters. The number of carbonyl (C=O) groups excluding carboxylic acids is 2. The lowest BCUT2D eigenvalue weighted by atomic mass is 9.98. The lowest BCUT2D eigenvalue weighted by Crippen LogP contribution is -2.46. The molecule has 33 heavy (non-hydrogen) atoms. The summed E-state index contributed by atoms with van der Waals surface area (Å²) in [6.45, 7) is -1.000. The number of rotatable bonds is 9. The molecule has 3 N–H and O–H groups in total. The van der Waals surface area contributed by atoms with Gasteiger partial charge >= 0.3 is 18.2 Å². The van der Waals surface area contributed by atoms with E-state index in [4.69, 9.17) is 9.84 Å². The zero-order valence-corrected chi connectivity index (χ0v) is 17.2. The lowest BCUT2D eigenvalue weighted by Gasteiger charge is -2.22. The zero-order chi connectivity index (χ0) is 24.0. The average Bonchev–Trinajstić information content (AvgIpc) is 3.08. The third-order valence-electron chi connectivity index (χ3n) is 5.07. The number of halogens is 3. The van der Waals surface area contributed by atoms with E-state index in [1.807, 2.05) is 48.5 Å². The first kappa shape index (κ1) is 24.1. The van der Waals surface area contributed by atoms with E-state index in [0.29, 0.717) is 0 Å². The van der Waals surface area contributed by atoms with Crippen molar-refractivity contribution in [1.29, 1.82) is 0 Å². The molecule has 0 bridgehead atoms. The highest BCUT2D eigenvalue weighted by Gasteiger charge is 2.41. The number of nitrogens with one attached hydrogen (secondary N) is 2. The van der Waals surface area contributed by atoms with E-state index in [1.165, 1.54) is 0 Å². The third-order valence-corrected chi connectivity index (χ3v) is 5.07. The minimum Gasteiger partial charge on any atom is -0.479 e. The van der Waals surface area contributed by atoms with Crippen molar-refractivity contribution in [3.63, 3.8) is 0 Å². The molecule has 0 aliphatic heterocycles. The number of hydroxylamine groups is 1. The van der Waals surface area contributed by atoms with Crippen LogP contribution in [0.5, 0.6) is 0 Å². The van der Waals surface area contributed by atoms with Crippen LogP contribution >= 0.6 is 0 Å². The van der Waals surface area contributed by atoms with Gasteiger partial charge in [0, 0.05) is 12.3 Å². The highest BCUT2D eigenvalue weighted by atomic mass is 19.4. The number of benzene rings is 2. The highest BCUT2D eigenvalue weighted by Crippen LogP contribution is 2.44. The van der Waals surface area contributed by atoms with Gasteiger partial charge in [-0.15, -0.1) is 0 Å². The van der Waals surface area contributed by atoms with Crippen molar-refractivity contribution >= 4 is 18.0 Å². The molecule has 0 heterocycles. The fourth-order valence-electron chi connectivity index (χ4n) is 3.60. The quantitative estimate of drug-likeness (QED) is 0.489. The van der Waals surface area contributed by atoms with Crippen LogP contribution in [0.25, 0.3) is 11.1 Å². The van der Waals surface area contributed by atoms with Crippen molar-refractivity contribution in [2.24, 2.45) is 0 Å². The predicted octanol–water partition coefficient (Wildman–Crippen LogP) is 3.37. The van der Waals surface area contributed by atoms with E-state index in [2.05, 4.69) is 4.84 Å². The number of amides is 2. The maximum atomic E-state index is 13.3. The molecule has 1 aliphatic rings. The number of alkyl halides is 3. The molecule has 0 spiro atoms. The first-order valence-corrected chi connectivity index (χ1v) is 9.97. The van der Waals surface area contributed by atoms with E-state index in [-0.39, 0.29) is 12.5 Å². The van der Waals surface area contributed by atoms with Gasteiger partial charge in [-0.05, 0) is 28.7 Å². The monoisotopic (exact) mass is 466 g/mol. The van der Waals surface area contributed by atoms with Crippen molar-refractivity contribution in [3.8, 4) is 11.1 Å². The number of carbonyl (C=O) groups is 3. The Morgan fingerprint density at radius 1 is 1.00 bits per heavy atom. The fourth-order valence-corrected chi connectivity index (χ4v) is 3.60. The van der Waals surface area contributed by atoms with Crippen molar-refractivity contribution in [2.75, 3.05) is 13.2 Å². The summed E-state index contributed by atoms with van der Waals surface area (Å²) in [6.07, 6.45) is -7.53. The smallest absolute Gasteiger partial charge is 0.408 e. The van der Waals surface area contributed by atoms with Gasteiger partial charge in [0.15, 0.2) is 6.61 Å². The summed E-state index contributed by atoms with van der Waals surface area (Å²) < 4.78 is 45.1. The molecule has 0 aromatic heterocycles. The second kappa shape index (κ2) is 10.3. The van der Waals surface area contributed by atoms with Gasteiger partial charge in [0.1, 0.15) is 12.6 Å².